The standard InChI is InChI=1S/C18H14F4N2O3/c19-12-3-1-2-11(8-12)15-9-16(27-24-15)17(25)23-13-4-6-14(7-5-13)26-10-18(20,21)22/h1-8,16H,9-10H2,(H,23,25). The fourth-order valence-corrected chi connectivity index (χ4v) is 2.38. The van der Waals surface area contributed by atoms with Gasteiger partial charge in [0.2, 0.25) is 6.10 Å². The number of amides is 1. The third-order valence-electron chi connectivity index (χ3n) is 3.64. The number of hydrogen-bond donors (Lipinski definition) is 1. The Morgan fingerprint density at radius 1 is 1.22 bits per heavy atom. The maximum atomic E-state index is 13.3. The molecular formula is C18H14F4N2O3. The number of rotatable bonds is 5. The minimum Gasteiger partial charge on any atom is -0.484 e. The molecule has 1 aliphatic heterocycles. The zero-order valence-electron chi connectivity index (χ0n) is 13.8. The van der Waals surface area contributed by atoms with Crippen molar-refractivity contribution in [3.05, 3.63) is 59.9 Å². The zero-order chi connectivity index (χ0) is 19.4. The fourth-order valence-electron chi connectivity index (χ4n) is 2.38. The molecule has 2 aromatic carbocycles. The lowest BCUT2D eigenvalue weighted by atomic mass is 10.0. The summed E-state index contributed by atoms with van der Waals surface area (Å²) in [5, 5.41) is 6.39. The first-order valence-corrected chi connectivity index (χ1v) is 7.89. The van der Waals surface area contributed by atoms with Crippen molar-refractivity contribution in [2.45, 2.75) is 18.7 Å². The topological polar surface area (TPSA) is 59.9 Å². The molecule has 0 aliphatic carbocycles. The number of alkyl halides is 3. The molecule has 3 rings (SSSR count). The van der Waals surface area contributed by atoms with E-state index in [1.54, 1.807) is 6.07 Å². The minimum absolute atomic E-state index is 0.0270. The first-order chi connectivity index (χ1) is 12.8. The van der Waals surface area contributed by atoms with Crippen LogP contribution in [-0.2, 0) is 9.63 Å². The molecule has 1 heterocycles. The van der Waals surface area contributed by atoms with Crippen molar-refractivity contribution >= 4 is 17.3 Å². The molecule has 0 spiro atoms. The summed E-state index contributed by atoms with van der Waals surface area (Å²) >= 11 is 0. The molecule has 27 heavy (non-hydrogen) atoms. The predicted octanol–water partition coefficient (Wildman–Crippen LogP) is 3.90. The van der Waals surface area contributed by atoms with Crippen LogP contribution in [0.25, 0.3) is 0 Å². The number of carbonyl (C=O) groups is 1. The molecule has 1 unspecified atom stereocenters. The number of oxime groups is 1. The van der Waals surface area contributed by atoms with Gasteiger partial charge in [-0.15, -0.1) is 0 Å². The quantitative estimate of drug-likeness (QED) is 0.798. The normalized spacial score (nSPS) is 16.4. The molecule has 0 bridgehead atoms. The van der Waals surface area contributed by atoms with Crippen LogP contribution in [0.1, 0.15) is 12.0 Å². The Morgan fingerprint density at radius 2 is 1.96 bits per heavy atom. The smallest absolute Gasteiger partial charge is 0.422 e. The summed E-state index contributed by atoms with van der Waals surface area (Å²) in [6.07, 6.45) is -5.14. The lowest BCUT2D eigenvalue weighted by molar-refractivity contribution is -0.153. The molecule has 0 radical (unpaired) electrons. The Morgan fingerprint density at radius 3 is 2.63 bits per heavy atom. The van der Waals surface area contributed by atoms with Crippen molar-refractivity contribution in [1.82, 2.24) is 0 Å². The maximum Gasteiger partial charge on any atom is 0.422 e. The van der Waals surface area contributed by atoms with Gasteiger partial charge in [-0.3, -0.25) is 4.79 Å². The number of anilines is 1. The number of hydrogen-bond acceptors (Lipinski definition) is 4. The third kappa shape index (κ3) is 5.19. The number of carbonyl (C=O) groups excluding carboxylic acids is 1. The molecule has 0 aromatic heterocycles. The van der Waals surface area contributed by atoms with Crippen molar-refractivity contribution in [2.75, 3.05) is 11.9 Å². The van der Waals surface area contributed by atoms with Gasteiger partial charge >= 0.3 is 6.18 Å². The number of ether oxygens (including phenoxy) is 1. The van der Waals surface area contributed by atoms with Gasteiger partial charge in [0.15, 0.2) is 6.61 Å². The molecule has 1 N–H and O–H groups in total. The Kier molecular flexibility index (Phi) is 5.29. The monoisotopic (exact) mass is 382 g/mol. The van der Waals surface area contributed by atoms with Crippen molar-refractivity contribution in [2.24, 2.45) is 5.16 Å². The summed E-state index contributed by atoms with van der Waals surface area (Å²) in [5.41, 5.74) is 1.34. The lowest BCUT2D eigenvalue weighted by Crippen LogP contribution is -2.28. The number of nitrogens with one attached hydrogen (secondary N) is 1. The highest BCUT2D eigenvalue weighted by Crippen LogP contribution is 2.22. The van der Waals surface area contributed by atoms with Gasteiger partial charge in [0, 0.05) is 17.7 Å². The van der Waals surface area contributed by atoms with E-state index < -0.39 is 30.6 Å². The van der Waals surface area contributed by atoms with Crippen LogP contribution >= 0.6 is 0 Å². The molecule has 2 aromatic rings. The van der Waals surface area contributed by atoms with E-state index in [1.807, 2.05) is 0 Å². The van der Waals surface area contributed by atoms with Gasteiger partial charge in [0.25, 0.3) is 5.91 Å². The van der Waals surface area contributed by atoms with E-state index in [4.69, 9.17) is 4.84 Å². The molecule has 5 nitrogen and oxygen atoms in total. The van der Waals surface area contributed by atoms with Crippen LogP contribution in [0.2, 0.25) is 0 Å². The summed E-state index contributed by atoms with van der Waals surface area (Å²) in [6.45, 7) is -1.39. The van der Waals surface area contributed by atoms with E-state index in [9.17, 15) is 22.4 Å². The molecule has 9 heteroatoms. The molecule has 0 fully saturated rings. The Labute approximate surface area is 151 Å². The van der Waals surface area contributed by atoms with Crippen molar-refractivity contribution in [1.29, 1.82) is 0 Å². The summed E-state index contributed by atoms with van der Waals surface area (Å²) in [4.78, 5) is 17.3. The van der Waals surface area contributed by atoms with Gasteiger partial charge in [-0.25, -0.2) is 4.39 Å². The van der Waals surface area contributed by atoms with E-state index >= 15 is 0 Å². The van der Waals surface area contributed by atoms with Crippen molar-refractivity contribution < 1.29 is 31.9 Å². The molecule has 1 aliphatic rings. The zero-order valence-corrected chi connectivity index (χ0v) is 13.8. The first kappa shape index (κ1) is 18.7. The van der Waals surface area contributed by atoms with Gasteiger partial charge in [0.1, 0.15) is 11.6 Å². The van der Waals surface area contributed by atoms with Crippen LogP contribution in [0.4, 0.5) is 23.2 Å². The van der Waals surface area contributed by atoms with Crippen LogP contribution in [0.5, 0.6) is 5.75 Å². The SMILES string of the molecule is O=C(Nc1ccc(OCC(F)(F)F)cc1)C1CC(c2cccc(F)c2)=NO1. The molecule has 1 amide bonds. The van der Waals surface area contributed by atoms with E-state index in [2.05, 4.69) is 15.2 Å². The van der Waals surface area contributed by atoms with E-state index in [0.29, 0.717) is 17.0 Å². The Balaban J connectivity index is 1.54. The van der Waals surface area contributed by atoms with Gasteiger partial charge < -0.3 is 14.9 Å². The van der Waals surface area contributed by atoms with Gasteiger partial charge in [-0.05, 0) is 36.4 Å². The van der Waals surface area contributed by atoms with E-state index in [1.165, 1.54) is 42.5 Å². The Bertz CT molecular complexity index is 850. The summed E-state index contributed by atoms with van der Waals surface area (Å²) in [7, 11) is 0. The summed E-state index contributed by atoms with van der Waals surface area (Å²) in [6, 6.07) is 11.2. The summed E-state index contributed by atoms with van der Waals surface area (Å²) < 4.78 is 54.2. The Hall–Kier alpha value is -3.10. The fraction of sp³-hybridized carbons (Fsp3) is 0.222. The second-order valence-electron chi connectivity index (χ2n) is 5.76. The largest absolute Gasteiger partial charge is 0.484 e. The van der Waals surface area contributed by atoms with E-state index in [0.717, 1.165) is 0 Å². The highest BCUT2D eigenvalue weighted by atomic mass is 19.4. The van der Waals surface area contributed by atoms with Crippen LogP contribution in [-0.4, -0.2) is 30.5 Å². The highest BCUT2D eigenvalue weighted by Gasteiger charge is 2.30. The number of benzene rings is 2. The molecule has 0 saturated heterocycles. The van der Waals surface area contributed by atoms with Crippen molar-refractivity contribution in [3.63, 3.8) is 0 Å². The first-order valence-electron chi connectivity index (χ1n) is 7.89. The molecule has 142 valence electrons. The van der Waals surface area contributed by atoms with Gasteiger partial charge in [0.05, 0.1) is 5.71 Å². The third-order valence-corrected chi connectivity index (χ3v) is 3.64. The predicted molar refractivity (Wildman–Crippen MR) is 89.0 cm³/mol. The van der Waals surface area contributed by atoms with Crippen molar-refractivity contribution in [3.8, 4) is 5.75 Å². The number of nitrogens with zero attached hydrogens (tertiary/aromatic N) is 1. The van der Waals surface area contributed by atoms with Crippen LogP contribution in [0.15, 0.2) is 53.7 Å². The average Bonchev–Trinajstić information content (AvgIpc) is 3.11. The average molecular weight is 382 g/mol. The van der Waals surface area contributed by atoms with Gasteiger partial charge in [-0.2, -0.15) is 13.2 Å². The second-order valence-corrected chi connectivity index (χ2v) is 5.76. The molecule has 1 atom stereocenters. The second kappa shape index (κ2) is 7.65. The maximum absolute atomic E-state index is 13.3. The minimum atomic E-state index is -4.42. The molecule has 0 saturated carbocycles. The van der Waals surface area contributed by atoms with Gasteiger partial charge in [-0.1, -0.05) is 17.3 Å². The van der Waals surface area contributed by atoms with Crippen LogP contribution < -0.4 is 10.1 Å². The lowest BCUT2D eigenvalue weighted by Gasteiger charge is -2.11. The molecular weight excluding hydrogens is 368 g/mol. The summed E-state index contributed by atoms with van der Waals surface area (Å²) in [5.74, 6) is -0.871. The van der Waals surface area contributed by atoms with E-state index in [-0.39, 0.29) is 12.2 Å². The highest BCUT2D eigenvalue weighted by molar-refractivity contribution is 6.06. The van der Waals surface area contributed by atoms with Crippen LogP contribution in [0.3, 0.4) is 0 Å². The number of halogens is 4. The van der Waals surface area contributed by atoms with Crippen LogP contribution in [0, 0.1) is 5.82 Å².